The van der Waals surface area contributed by atoms with E-state index in [2.05, 4.69) is 4.90 Å². The van der Waals surface area contributed by atoms with Crippen LogP contribution in [0.4, 0.5) is 10.1 Å². The van der Waals surface area contributed by atoms with E-state index in [1.54, 1.807) is 6.07 Å². The molecule has 2 saturated heterocycles. The maximum absolute atomic E-state index is 14.3. The van der Waals surface area contributed by atoms with Crippen molar-refractivity contribution in [3.8, 4) is 0 Å². The van der Waals surface area contributed by atoms with Crippen molar-refractivity contribution in [3.63, 3.8) is 0 Å². The van der Waals surface area contributed by atoms with Crippen LogP contribution in [0, 0.1) is 5.82 Å². The minimum absolute atomic E-state index is 0.184. The van der Waals surface area contributed by atoms with E-state index in [4.69, 9.17) is 14.2 Å². The van der Waals surface area contributed by atoms with Gasteiger partial charge in [0.05, 0.1) is 25.5 Å². The van der Waals surface area contributed by atoms with Crippen LogP contribution in [0.3, 0.4) is 0 Å². The zero-order valence-electron chi connectivity index (χ0n) is 12.4. The molecule has 2 aliphatic heterocycles. The Balaban J connectivity index is 1.64. The van der Waals surface area contributed by atoms with Gasteiger partial charge in [-0.05, 0) is 24.6 Å². The summed E-state index contributed by atoms with van der Waals surface area (Å²) in [5, 5.41) is 0. The molecule has 2 heterocycles. The largest absolute Gasteiger partial charge is 0.377 e. The molecule has 116 valence electrons. The number of benzene rings is 1. The molecule has 0 bridgehead atoms. The van der Waals surface area contributed by atoms with Crippen LogP contribution in [-0.2, 0) is 20.8 Å². The summed E-state index contributed by atoms with van der Waals surface area (Å²) in [5.41, 5.74) is 1.53. The fraction of sp³-hybridized carbons (Fsp3) is 0.625. The molecule has 1 spiro atoms. The summed E-state index contributed by atoms with van der Waals surface area (Å²) >= 11 is 0. The predicted octanol–water partition coefficient (Wildman–Crippen LogP) is 2.71. The van der Waals surface area contributed by atoms with Crippen molar-refractivity contribution >= 4 is 5.69 Å². The molecule has 0 atom stereocenters. The third kappa shape index (κ3) is 3.20. The molecule has 5 heteroatoms. The van der Waals surface area contributed by atoms with Gasteiger partial charge in [-0.3, -0.25) is 0 Å². The molecule has 0 aromatic heterocycles. The van der Waals surface area contributed by atoms with Crippen molar-refractivity contribution in [3.05, 3.63) is 29.6 Å². The molecular formula is C16H22FNO3. The summed E-state index contributed by atoms with van der Waals surface area (Å²) in [4.78, 5) is 2.07. The first kappa shape index (κ1) is 14.8. The van der Waals surface area contributed by atoms with Gasteiger partial charge in [0.25, 0.3) is 0 Å². The van der Waals surface area contributed by atoms with Gasteiger partial charge in [0.15, 0.2) is 5.79 Å². The highest BCUT2D eigenvalue weighted by Gasteiger charge is 2.40. The topological polar surface area (TPSA) is 30.9 Å². The smallest absolute Gasteiger partial charge is 0.171 e. The van der Waals surface area contributed by atoms with Crippen LogP contribution in [0.5, 0.6) is 0 Å². The number of halogens is 1. The third-order valence-corrected chi connectivity index (χ3v) is 4.16. The quantitative estimate of drug-likeness (QED) is 0.854. The monoisotopic (exact) mass is 295 g/mol. The van der Waals surface area contributed by atoms with Gasteiger partial charge in [0.2, 0.25) is 0 Å². The molecule has 21 heavy (non-hydrogen) atoms. The zero-order chi connectivity index (χ0) is 14.7. The van der Waals surface area contributed by atoms with Gasteiger partial charge < -0.3 is 19.1 Å². The summed E-state index contributed by atoms with van der Waals surface area (Å²) in [6.07, 6.45) is 1.57. The van der Waals surface area contributed by atoms with Crippen molar-refractivity contribution < 1.29 is 18.6 Å². The van der Waals surface area contributed by atoms with E-state index in [9.17, 15) is 4.39 Å². The second-order valence-corrected chi connectivity index (χ2v) is 5.52. The number of rotatable bonds is 4. The predicted molar refractivity (Wildman–Crippen MR) is 77.8 cm³/mol. The molecule has 4 nitrogen and oxygen atoms in total. The lowest BCUT2D eigenvalue weighted by Crippen LogP contribution is -2.45. The number of hydrogen-bond donors (Lipinski definition) is 0. The summed E-state index contributed by atoms with van der Waals surface area (Å²) in [6.45, 7) is 5.86. The summed E-state index contributed by atoms with van der Waals surface area (Å²) in [6, 6.07) is 5.34. The zero-order valence-corrected chi connectivity index (χ0v) is 12.4. The lowest BCUT2D eigenvalue weighted by Gasteiger charge is -2.38. The maximum Gasteiger partial charge on any atom is 0.171 e. The SMILES string of the molecule is CCOCc1ccc(N2CCC3(CC2)OCCO3)c(F)c1. The summed E-state index contributed by atoms with van der Waals surface area (Å²) < 4.78 is 31.0. The molecule has 0 N–H and O–H groups in total. The van der Waals surface area contributed by atoms with E-state index in [-0.39, 0.29) is 5.82 Å². The van der Waals surface area contributed by atoms with Crippen molar-refractivity contribution in [2.75, 3.05) is 37.8 Å². The first-order chi connectivity index (χ1) is 10.2. The number of hydrogen-bond acceptors (Lipinski definition) is 4. The number of piperidine rings is 1. The molecule has 0 amide bonds. The first-order valence-electron chi connectivity index (χ1n) is 7.61. The Kier molecular flexibility index (Phi) is 4.42. The number of ether oxygens (including phenoxy) is 3. The molecule has 0 unspecified atom stereocenters. The van der Waals surface area contributed by atoms with Gasteiger partial charge in [-0.1, -0.05) is 6.07 Å². The Morgan fingerprint density at radius 1 is 1.24 bits per heavy atom. The standard InChI is InChI=1S/C16H22FNO3/c1-2-19-12-13-3-4-15(14(17)11-13)18-7-5-16(6-8-18)20-9-10-21-16/h3-4,11H,2,5-10,12H2,1H3. The second-order valence-electron chi connectivity index (χ2n) is 5.52. The lowest BCUT2D eigenvalue weighted by molar-refractivity contribution is -0.169. The Hall–Kier alpha value is -1.17. The average molecular weight is 295 g/mol. The van der Waals surface area contributed by atoms with Crippen LogP contribution in [0.1, 0.15) is 25.3 Å². The van der Waals surface area contributed by atoms with E-state index in [0.717, 1.165) is 31.5 Å². The Bertz CT molecular complexity index is 478. The molecule has 2 fully saturated rings. The van der Waals surface area contributed by atoms with Crippen molar-refractivity contribution in [2.24, 2.45) is 0 Å². The van der Waals surface area contributed by atoms with E-state index in [0.29, 0.717) is 32.1 Å². The number of nitrogens with zero attached hydrogens (tertiary/aromatic N) is 1. The van der Waals surface area contributed by atoms with Gasteiger partial charge in [0, 0.05) is 32.5 Å². The van der Waals surface area contributed by atoms with Gasteiger partial charge >= 0.3 is 0 Å². The Morgan fingerprint density at radius 2 is 1.95 bits per heavy atom. The third-order valence-electron chi connectivity index (χ3n) is 4.16. The van der Waals surface area contributed by atoms with Crippen LogP contribution >= 0.6 is 0 Å². The molecule has 1 aromatic rings. The van der Waals surface area contributed by atoms with Crippen LogP contribution in [0.25, 0.3) is 0 Å². The molecule has 0 saturated carbocycles. The number of anilines is 1. The van der Waals surface area contributed by atoms with E-state index < -0.39 is 5.79 Å². The van der Waals surface area contributed by atoms with Gasteiger partial charge in [-0.25, -0.2) is 4.39 Å². The normalized spacial score (nSPS) is 21.1. The van der Waals surface area contributed by atoms with Gasteiger partial charge in [-0.15, -0.1) is 0 Å². The lowest BCUT2D eigenvalue weighted by atomic mass is 10.0. The molecule has 0 aliphatic carbocycles. The highest BCUT2D eigenvalue weighted by molar-refractivity contribution is 5.49. The summed E-state index contributed by atoms with van der Waals surface area (Å²) in [7, 11) is 0. The van der Waals surface area contributed by atoms with Gasteiger partial charge in [-0.2, -0.15) is 0 Å². The van der Waals surface area contributed by atoms with E-state index in [1.807, 2.05) is 19.1 Å². The molecule has 1 aromatic carbocycles. The highest BCUT2D eigenvalue weighted by atomic mass is 19.1. The van der Waals surface area contributed by atoms with Crippen molar-refractivity contribution in [1.29, 1.82) is 0 Å². The van der Waals surface area contributed by atoms with E-state index >= 15 is 0 Å². The van der Waals surface area contributed by atoms with Crippen molar-refractivity contribution in [2.45, 2.75) is 32.2 Å². The summed E-state index contributed by atoms with van der Waals surface area (Å²) in [5.74, 6) is -0.599. The van der Waals surface area contributed by atoms with Crippen LogP contribution in [-0.4, -0.2) is 38.7 Å². The molecule has 0 radical (unpaired) electrons. The van der Waals surface area contributed by atoms with E-state index in [1.165, 1.54) is 0 Å². The minimum atomic E-state index is -0.415. The first-order valence-corrected chi connectivity index (χ1v) is 7.61. The van der Waals surface area contributed by atoms with Crippen LogP contribution in [0.2, 0.25) is 0 Å². The Labute approximate surface area is 124 Å². The van der Waals surface area contributed by atoms with Crippen LogP contribution in [0.15, 0.2) is 18.2 Å². The Morgan fingerprint density at radius 3 is 2.57 bits per heavy atom. The highest BCUT2D eigenvalue weighted by Crippen LogP contribution is 2.34. The fourth-order valence-corrected chi connectivity index (χ4v) is 2.99. The van der Waals surface area contributed by atoms with Gasteiger partial charge in [0.1, 0.15) is 5.82 Å². The van der Waals surface area contributed by atoms with Crippen molar-refractivity contribution in [1.82, 2.24) is 0 Å². The second kappa shape index (κ2) is 6.30. The molecule has 2 aliphatic rings. The fourth-order valence-electron chi connectivity index (χ4n) is 2.99. The molecule has 3 rings (SSSR count). The average Bonchev–Trinajstić information content (AvgIpc) is 2.95. The van der Waals surface area contributed by atoms with Crippen LogP contribution < -0.4 is 4.90 Å². The molecular weight excluding hydrogens is 273 g/mol. The maximum atomic E-state index is 14.3. The minimum Gasteiger partial charge on any atom is -0.377 e.